The molecule has 2 aromatic heterocycles. The highest BCUT2D eigenvalue weighted by Crippen LogP contribution is 2.35. The molecule has 0 fully saturated rings. The maximum atomic E-state index is 13.0. The molecule has 0 bridgehead atoms. The average molecular weight is 396 g/mol. The highest BCUT2D eigenvalue weighted by atomic mass is 79.9. The van der Waals surface area contributed by atoms with E-state index in [2.05, 4.69) is 36.3 Å². The van der Waals surface area contributed by atoms with Gasteiger partial charge in [0.25, 0.3) is 5.78 Å². The summed E-state index contributed by atoms with van der Waals surface area (Å²) in [6.07, 6.45) is -4.45. The summed E-state index contributed by atoms with van der Waals surface area (Å²) in [5.41, 5.74) is 0.671. The topological polar surface area (TPSA) is 58.0 Å². The van der Waals surface area contributed by atoms with Gasteiger partial charge < -0.3 is 5.32 Å². The minimum atomic E-state index is -4.45. The van der Waals surface area contributed by atoms with Gasteiger partial charge in [-0.15, -0.1) is 0 Å². The summed E-state index contributed by atoms with van der Waals surface area (Å²) in [6, 6.07) is 10.8. The van der Waals surface area contributed by atoms with Crippen molar-refractivity contribution in [3.05, 3.63) is 52.5 Å². The number of nitrogens with zero attached hydrogens (tertiary/aromatic N) is 3. The Hall–Kier alpha value is -2.55. The van der Waals surface area contributed by atoms with Crippen molar-refractivity contribution in [2.24, 2.45) is 0 Å². The summed E-state index contributed by atoms with van der Waals surface area (Å²) in [6.45, 7) is 0. The molecule has 4 rings (SSSR count). The first-order valence-electron chi connectivity index (χ1n) is 6.89. The number of halogens is 4. The van der Waals surface area contributed by atoms with E-state index in [-0.39, 0.29) is 11.6 Å². The van der Waals surface area contributed by atoms with Crippen molar-refractivity contribution in [2.45, 2.75) is 6.18 Å². The van der Waals surface area contributed by atoms with E-state index in [1.807, 2.05) is 18.2 Å². The van der Waals surface area contributed by atoms with Crippen LogP contribution in [-0.2, 0) is 6.18 Å². The first-order chi connectivity index (χ1) is 11.4. The number of nitrogens with one attached hydrogen (secondary N) is 2. The van der Waals surface area contributed by atoms with E-state index in [0.29, 0.717) is 5.78 Å². The molecule has 9 heteroatoms. The quantitative estimate of drug-likeness (QED) is 0.515. The molecule has 24 heavy (non-hydrogen) atoms. The van der Waals surface area contributed by atoms with Crippen LogP contribution in [-0.4, -0.2) is 19.6 Å². The van der Waals surface area contributed by atoms with Crippen LogP contribution in [0.1, 0.15) is 5.56 Å². The molecule has 0 aliphatic rings. The number of rotatable bonds is 2. The normalized spacial score (nSPS) is 12.2. The second kappa shape index (κ2) is 5.23. The van der Waals surface area contributed by atoms with Gasteiger partial charge in [0.05, 0.1) is 22.3 Å². The SMILES string of the molecule is FC(F)(F)c1ccccc1Nc1nc2nc3cc(Br)ccc3n2[nH]1. The highest BCUT2D eigenvalue weighted by Gasteiger charge is 2.33. The van der Waals surface area contributed by atoms with E-state index >= 15 is 0 Å². The average Bonchev–Trinajstić information content (AvgIpc) is 3.03. The molecular formula is C15H9BrF3N5. The van der Waals surface area contributed by atoms with E-state index in [1.165, 1.54) is 18.2 Å². The molecule has 0 radical (unpaired) electrons. The molecule has 0 aliphatic heterocycles. The van der Waals surface area contributed by atoms with E-state index in [4.69, 9.17) is 0 Å². The number of aromatic nitrogens is 4. The number of anilines is 2. The third-order valence-corrected chi connectivity index (χ3v) is 4.01. The van der Waals surface area contributed by atoms with Gasteiger partial charge in [-0.2, -0.15) is 18.2 Å². The minimum absolute atomic E-state index is 0.0750. The maximum Gasteiger partial charge on any atom is 0.418 e. The zero-order valence-electron chi connectivity index (χ0n) is 11.9. The third kappa shape index (κ3) is 2.50. The van der Waals surface area contributed by atoms with Crippen molar-refractivity contribution in [1.29, 1.82) is 0 Å². The third-order valence-electron chi connectivity index (χ3n) is 3.51. The molecule has 2 aromatic carbocycles. The summed E-state index contributed by atoms with van der Waals surface area (Å²) in [5, 5.41) is 5.59. The summed E-state index contributed by atoms with van der Waals surface area (Å²) >= 11 is 3.36. The number of benzene rings is 2. The Morgan fingerprint density at radius 1 is 1.08 bits per heavy atom. The van der Waals surface area contributed by atoms with Crippen LogP contribution in [0.25, 0.3) is 16.8 Å². The van der Waals surface area contributed by atoms with Crippen LogP contribution in [0.15, 0.2) is 46.9 Å². The first-order valence-corrected chi connectivity index (χ1v) is 7.68. The van der Waals surface area contributed by atoms with E-state index in [1.54, 1.807) is 4.52 Å². The first kappa shape index (κ1) is 15.0. The van der Waals surface area contributed by atoms with Gasteiger partial charge >= 0.3 is 6.18 Å². The Morgan fingerprint density at radius 2 is 1.88 bits per heavy atom. The number of aromatic amines is 1. The van der Waals surface area contributed by atoms with Gasteiger partial charge in [-0.05, 0) is 30.3 Å². The standard InChI is InChI=1S/C15H9BrF3N5/c16-8-5-6-12-11(7-8)21-14-22-13(23-24(12)14)20-10-4-2-1-3-9(10)15(17,18)19/h1-7H,(H2,20,21,22,23). The molecule has 2 N–H and O–H groups in total. The van der Waals surface area contributed by atoms with Crippen LogP contribution in [0.2, 0.25) is 0 Å². The molecule has 0 unspecified atom stereocenters. The summed E-state index contributed by atoms with van der Waals surface area (Å²) in [5.74, 6) is 0.550. The minimum Gasteiger partial charge on any atom is -0.324 e. The van der Waals surface area contributed by atoms with Crippen LogP contribution in [0, 0.1) is 0 Å². The zero-order chi connectivity index (χ0) is 16.9. The van der Waals surface area contributed by atoms with Gasteiger partial charge in [0.2, 0.25) is 5.95 Å². The fourth-order valence-electron chi connectivity index (χ4n) is 2.48. The molecular weight excluding hydrogens is 387 g/mol. The van der Waals surface area contributed by atoms with Gasteiger partial charge in [-0.25, -0.2) is 9.50 Å². The van der Waals surface area contributed by atoms with Gasteiger partial charge in [0.1, 0.15) is 0 Å². The van der Waals surface area contributed by atoms with Crippen LogP contribution in [0.3, 0.4) is 0 Å². The molecule has 4 aromatic rings. The fourth-order valence-corrected chi connectivity index (χ4v) is 2.83. The lowest BCUT2D eigenvalue weighted by molar-refractivity contribution is -0.136. The molecule has 5 nitrogen and oxygen atoms in total. The molecule has 122 valence electrons. The number of fused-ring (bicyclic) bond motifs is 3. The molecule has 0 amide bonds. The molecule has 0 saturated heterocycles. The smallest absolute Gasteiger partial charge is 0.324 e. The molecule has 0 aliphatic carbocycles. The van der Waals surface area contributed by atoms with Gasteiger partial charge in [-0.3, -0.25) is 5.10 Å². The second-order valence-corrected chi connectivity index (χ2v) is 6.04. The summed E-state index contributed by atoms with van der Waals surface area (Å²) in [7, 11) is 0. The van der Waals surface area contributed by atoms with Crippen LogP contribution >= 0.6 is 15.9 Å². The largest absolute Gasteiger partial charge is 0.418 e. The van der Waals surface area contributed by atoms with Gasteiger partial charge in [0.15, 0.2) is 0 Å². The number of para-hydroxylation sites is 1. The van der Waals surface area contributed by atoms with Crippen molar-refractivity contribution >= 4 is 44.4 Å². The second-order valence-electron chi connectivity index (χ2n) is 5.12. The van der Waals surface area contributed by atoms with Crippen molar-refractivity contribution in [3.63, 3.8) is 0 Å². The molecule has 2 heterocycles. The lowest BCUT2D eigenvalue weighted by Crippen LogP contribution is -2.09. The number of H-pyrrole nitrogens is 1. The predicted molar refractivity (Wildman–Crippen MR) is 87.3 cm³/mol. The van der Waals surface area contributed by atoms with E-state index in [9.17, 15) is 13.2 Å². The number of imidazole rings is 1. The predicted octanol–water partition coefficient (Wildman–Crippen LogP) is 4.74. The van der Waals surface area contributed by atoms with Gasteiger partial charge in [-0.1, -0.05) is 28.1 Å². The Labute approximate surface area is 141 Å². The monoisotopic (exact) mass is 395 g/mol. The molecule has 0 spiro atoms. The molecule has 0 atom stereocenters. The molecule has 0 saturated carbocycles. The highest BCUT2D eigenvalue weighted by molar-refractivity contribution is 9.10. The Bertz CT molecular complexity index is 1050. The van der Waals surface area contributed by atoms with Crippen LogP contribution < -0.4 is 5.32 Å². The van der Waals surface area contributed by atoms with Crippen LogP contribution in [0.5, 0.6) is 0 Å². The number of hydrogen-bond donors (Lipinski definition) is 2. The van der Waals surface area contributed by atoms with Gasteiger partial charge in [0, 0.05) is 4.47 Å². The summed E-state index contributed by atoms with van der Waals surface area (Å²) in [4.78, 5) is 8.54. The Balaban J connectivity index is 1.76. The lowest BCUT2D eigenvalue weighted by Gasteiger charge is -2.12. The van der Waals surface area contributed by atoms with Crippen molar-refractivity contribution < 1.29 is 13.2 Å². The van der Waals surface area contributed by atoms with E-state index in [0.717, 1.165) is 21.6 Å². The van der Waals surface area contributed by atoms with Crippen molar-refractivity contribution in [1.82, 2.24) is 19.6 Å². The van der Waals surface area contributed by atoms with E-state index < -0.39 is 11.7 Å². The number of hydrogen-bond acceptors (Lipinski definition) is 3. The Morgan fingerprint density at radius 3 is 2.67 bits per heavy atom. The Kier molecular flexibility index (Phi) is 3.27. The maximum absolute atomic E-state index is 13.0. The lowest BCUT2D eigenvalue weighted by atomic mass is 10.1. The van der Waals surface area contributed by atoms with Crippen molar-refractivity contribution in [3.8, 4) is 0 Å². The number of alkyl halides is 3. The van der Waals surface area contributed by atoms with Crippen LogP contribution in [0.4, 0.5) is 24.8 Å². The zero-order valence-corrected chi connectivity index (χ0v) is 13.5. The summed E-state index contributed by atoms with van der Waals surface area (Å²) < 4.78 is 41.6. The van der Waals surface area contributed by atoms with Crippen molar-refractivity contribution in [2.75, 3.05) is 5.32 Å². The fraction of sp³-hybridized carbons (Fsp3) is 0.0667.